The third kappa shape index (κ3) is 2.50. The Morgan fingerprint density at radius 1 is 1.15 bits per heavy atom. The summed E-state index contributed by atoms with van der Waals surface area (Å²) in [4.78, 5) is 0. The van der Waals surface area contributed by atoms with E-state index in [0.29, 0.717) is 17.7 Å². The number of benzene rings is 1. The van der Waals surface area contributed by atoms with E-state index in [2.05, 4.69) is 25.9 Å². The fraction of sp³-hybridized carbons (Fsp3) is 0.438. The molecule has 1 unspecified atom stereocenters. The van der Waals surface area contributed by atoms with Crippen LogP contribution in [0.15, 0.2) is 24.3 Å². The number of ether oxygens (including phenoxy) is 1. The molecule has 1 heterocycles. The second-order valence-electron chi connectivity index (χ2n) is 5.53. The number of anilines is 1. The minimum absolute atomic E-state index is 0.357. The molecule has 0 spiro atoms. The van der Waals surface area contributed by atoms with Gasteiger partial charge in [0.05, 0.1) is 12.8 Å². The fourth-order valence-electron chi connectivity index (χ4n) is 2.25. The summed E-state index contributed by atoms with van der Waals surface area (Å²) in [5.41, 5.74) is 9.39. The molecule has 108 valence electrons. The molecule has 0 saturated heterocycles. The molecular weight excluding hydrogens is 250 g/mol. The van der Waals surface area contributed by atoms with Gasteiger partial charge in [0, 0.05) is 18.5 Å². The topological polar surface area (TPSA) is 53.1 Å². The molecule has 4 nitrogen and oxygen atoms in total. The lowest BCUT2D eigenvalue weighted by Crippen LogP contribution is -2.04. The van der Waals surface area contributed by atoms with Gasteiger partial charge in [-0.1, -0.05) is 32.9 Å². The van der Waals surface area contributed by atoms with Gasteiger partial charge in [0.15, 0.2) is 0 Å². The van der Waals surface area contributed by atoms with E-state index >= 15 is 0 Å². The minimum atomic E-state index is 0.357. The maximum Gasteiger partial charge on any atom is 0.129 e. The van der Waals surface area contributed by atoms with Gasteiger partial charge in [-0.3, -0.25) is 4.68 Å². The van der Waals surface area contributed by atoms with Crippen molar-refractivity contribution < 1.29 is 4.74 Å². The lowest BCUT2D eigenvalue weighted by Gasteiger charge is -2.15. The van der Waals surface area contributed by atoms with E-state index < -0.39 is 0 Å². The molecule has 2 rings (SSSR count). The Kier molecular flexibility index (Phi) is 4.02. The molecule has 1 aromatic heterocycles. The first kappa shape index (κ1) is 14.4. The summed E-state index contributed by atoms with van der Waals surface area (Å²) >= 11 is 0. The molecule has 1 aromatic carbocycles. The lowest BCUT2D eigenvalue weighted by molar-refractivity contribution is 0.415. The number of nitrogens with zero attached hydrogens (tertiary/aromatic N) is 2. The van der Waals surface area contributed by atoms with Crippen LogP contribution in [0.5, 0.6) is 5.75 Å². The Morgan fingerprint density at radius 2 is 1.75 bits per heavy atom. The van der Waals surface area contributed by atoms with Gasteiger partial charge in [0.1, 0.15) is 11.6 Å². The molecule has 2 N–H and O–H groups in total. The second-order valence-corrected chi connectivity index (χ2v) is 5.53. The highest BCUT2D eigenvalue weighted by atomic mass is 16.5. The van der Waals surface area contributed by atoms with Crippen LogP contribution in [-0.2, 0) is 7.05 Å². The van der Waals surface area contributed by atoms with Gasteiger partial charge in [-0.05, 0) is 23.6 Å². The van der Waals surface area contributed by atoms with E-state index in [9.17, 15) is 0 Å². The van der Waals surface area contributed by atoms with E-state index in [4.69, 9.17) is 10.5 Å². The largest absolute Gasteiger partial charge is 0.497 e. The third-order valence-electron chi connectivity index (χ3n) is 3.93. The van der Waals surface area contributed by atoms with E-state index in [1.165, 1.54) is 0 Å². The number of aromatic nitrogens is 2. The standard InChI is InChI=1S/C16H23N3O/c1-10(2)11(3)15-14(16(17)19(4)18-15)12-6-8-13(20-5)9-7-12/h6-11H,17H2,1-5H3. The van der Waals surface area contributed by atoms with Crippen molar-refractivity contribution in [3.63, 3.8) is 0 Å². The lowest BCUT2D eigenvalue weighted by atomic mass is 9.90. The van der Waals surface area contributed by atoms with Gasteiger partial charge in [-0.15, -0.1) is 0 Å². The van der Waals surface area contributed by atoms with Crippen LogP contribution < -0.4 is 10.5 Å². The molecule has 0 aliphatic carbocycles. The Balaban J connectivity index is 2.53. The molecule has 1 atom stereocenters. The van der Waals surface area contributed by atoms with Crippen molar-refractivity contribution >= 4 is 5.82 Å². The number of methoxy groups -OCH3 is 1. The first-order valence-corrected chi connectivity index (χ1v) is 6.92. The molecule has 0 amide bonds. The summed E-state index contributed by atoms with van der Waals surface area (Å²) < 4.78 is 6.96. The van der Waals surface area contributed by atoms with E-state index in [-0.39, 0.29) is 0 Å². The van der Waals surface area contributed by atoms with Crippen LogP contribution in [-0.4, -0.2) is 16.9 Å². The fourth-order valence-corrected chi connectivity index (χ4v) is 2.25. The zero-order chi connectivity index (χ0) is 14.9. The van der Waals surface area contributed by atoms with E-state index in [1.807, 2.05) is 31.3 Å². The normalized spacial score (nSPS) is 12.7. The van der Waals surface area contributed by atoms with Crippen molar-refractivity contribution in [2.75, 3.05) is 12.8 Å². The zero-order valence-electron chi connectivity index (χ0n) is 12.8. The molecular formula is C16H23N3O. The van der Waals surface area contributed by atoms with Crippen LogP contribution in [0.4, 0.5) is 5.82 Å². The highest BCUT2D eigenvalue weighted by Gasteiger charge is 2.22. The van der Waals surface area contributed by atoms with Gasteiger partial charge < -0.3 is 10.5 Å². The zero-order valence-corrected chi connectivity index (χ0v) is 12.8. The van der Waals surface area contributed by atoms with Crippen molar-refractivity contribution in [1.82, 2.24) is 9.78 Å². The summed E-state index contributed by atoms with van der Waals surface area (Å²) in [6, 6.07) is 7.96. The summed E-state index contributed by atoms with van der Waals surface area (Å²) in [6.07, 6.45) is 0. The number of nitrogens with two attached hydrogens (primary N) is 1. The second kappa shape index (κ2) is 5.57. The van der Waals surface area contributed by atoms with Gasteiger partial charge in [0.2, 0.25) is 0 Å². The van der Waals surface area contributed by atoms with E-state index in [1.54, 1.807) is 11.8 Å². The predicted octanol–water partition coefficient (Wildman–Crippen LogP) is 3.44. The average molecular weight is 273 g/mol. The average Bonchev–Trinajstić information content (AvgIpc) is 2.74. The molecule has 0 aliphatic heterocycles. The Morgan fingerprint density at radius 3 is 2.25 bits per heavy atom. The minimum Gasteiger partial charge on any atom is -0.497 e. The van der Waals surface area contributed by atoms with E-state index in [0.717, 1.165) is 22.6 Å². The number of hydrogen-bond donors (Lipinski definition) is 1. The van der Waals surface area contributed by atoms with Crippen molar-refractivity contribution in [3.05, 3.63) is 30.0 Å². The van der Waals surface area contributed by atoms with Gasteiger partial charge in [-0.2, -0.15) is 5.10 Å². The summed E-state index contributed by atoms with van der Waals surface area (Å²) in [7, 11) is 3.55. The first-order chi connectivity index (χ1) is 9.45. The Hall–Kier alpha value is -1.97. The van der Waals surface area contributed by atoms with Gasteiger partial charge >= 0.3 is 0 Å². The molecule has 2 aromatic rings. The Labute approximate surface area is 120 Å². The number of hydrogen-bond acceptors (Lipinski definition) is 3. The molecule has 4 heteroatoms. The van der Waals surface area contributed by atoms with Crippen molar-refractivity contribution in [1.29, 1.82) is 0 Å². The molecule has 0 saturated carbocycles. The van der Waals surface area contributed by atoms with Crippen LogP contribution >= 0.6 is 0 Å². The van der Waals surface area contributed by atoms with Crippen molar-refractivity contribution in [2.45, 2.75) is 26.7 Å². The molecule has 0 bridgehead atoms. The number of aryl methyl sites for hydroxylation is 1. The SMILES string of the molecule is COc1ccc(-c2c(C(C)C(C)C)nn(C)c2N)cc1. The van der Waals surface area contributed by atoms with Crippen molar-refractivity contribution in [2.24, 2.45) is 13.0 Å². The molecule has 20 heavy (non-hydrogen) atoms. The van der Waals surface area contributed by atoms with Crippen LogP contribution in [0, 0.1) is 5.92 Å². The molecule has 0 aliphatic rings. The summed E-state index contributed by atoms with van der Waals surface area (Å²) in [6.45, 7) is 6.60. The van der Waals surface area contributed by atoms with Gasteiger partial charge in [0.25, 0.3) is 0 Å². The smallest absolute Gasteiger partial charge is 0.129 e. The monoisotopic (exact) mass is 273 g/mol. The highest BCUT2D eigenvalue weighted by molar-refractivity contribution is 5.77. The number of nitrogen functional groups attached to an aromatic ring is 1. The van der Waals surface area contributed by atoms with Crippen molar-refractivity contribution in [3.8, 4) is 16.9 Å². The summed E-state index contributed by atoms with van der Waals surface area (Å²) in [5.74, 6) is 2.42. The number of rotatable bonds is 4. The third-order valence-corrected chi connectivity index (χ3v) is 3.93. The highest BCUT2D eigenvalue weighted by Crippen LogP contribution is 2.36. The maximum atomic E-state index is 6.21. The summed E-state index contributed by atoms with van der Waals surface area (Å²) in [5, 5.41) is 4.61. The maximum absolute atomic E-state index is 6.21. The van der Waals surface area contributed by atoms with Crippen LogP contribution in [0.2, 0.25) is 0 Å². The molecule has 0 radical (unpaired) electrons. The quantitative estimate of drug-likeness (QED) is 0.928. The van der Waals surface area contributed by atoms with Crippen LogP contribution in [0.25, 0.3) is 11.1 Å². The Bertz CT molecular complexity index is 585. The van der Waals surface area contributed by atoms with Gasteiger partial charge in [-0.25, -0.2) is 0 Å². The van der Waals surface area contributed by atoms with Crippen LogP contribution in [0.1, 0.15) is 32.4 Å². The molecule has 0 fully saturated rings. The van der Waals surface area contributed by atoms with Crippen LogP contribution in [0.3, 0.4) is 0 Å². The first-order valence-electron chi connectivity index (χ1n) is 6.92. The predicted molar refractivity (Wildman–Crippen MR) is 82.9 cm³/mol.